The number of aryl methyl sites for hydroxylation is 2. The molecule has 0 aliphatic carbocycles. The topological polar surface area (TPSA) is 71.8 Å². The normalized spacial score (nSPS) is 15.4. The molecule has 2 aromatic rings. The first-order valence-electron chi connectivity index (χ1n) is 8.65. The molecule has 0 saturated carbocycles. The zero-order valence-electron chi connectivity index (χ0n) is 14.4. The highest BCUT2D eigenvalue weighted by Crippen LogP contribution is 2.23. The number of hydrogen-bond acceptors (Lipinski definition) is 4. The van der Waals surface area contributed by atoms with Crippen LogP contribution in [0.2, 0.25) is 0 Å². The lowest BCUT2D eigenvalue weighted by atomic mass is 9.98. The molecule has 1 saturated heterocycles. The molecular weight excluding hydrogens is 302 g/mol. The van der Waals surface area contributed by atoms with E-state index < -0.39 is 0 Å². The maximum Gasteiger partial charge on any atom is 0.231 e. The Kier molecular flexibility index (Phi) is 5.25. The zero-order chi connectivity index (χ0) is 16.9. The smallest absolute Gasteiger partial charge is 0.231 e. The second kappa shape index (κ2) is 7.57. The number of amides is 1. The highest BCUT2D eigenvalue weighted by molar-refractivity contribution is 5.90. The third-order valence-corrected chi connectivity index (χ3v) is 4.50. The van der Waals surface area contributed by atoms with E-state index in [-0.39, 0.29) is 5.91 Å². The number of nitrogens with one attached hydrogen (secondary N) is 2. The van der Waals surface area contributed by atoms with Crippen molar-refractivity contribution in [2.24, 2.45) is 7.05 Å². The number of rotatable bonds is 5. The summed E-state index contributed by atoms with van der Waals surface area (Å²) in [5.74, 6) is 1.68. The predicted molar refractivity (Wildman–Crippen MR) is 94.0 cm³/mol. The molecule has 0 atom stereocenters. The van der Waals surface area contributed by atoms with Crippen molar-refractivity contribution in [2.75, 3.05) is 18.4 Å². The van der Waals surface area contributed by atoms with Crippen LogP contribution in [0.4, 0.5) is 5.95 Å². The number of carbonyl (C=O) groups is 1. The molecule has 1 aromatic carbocycles. The first-order valence-corrected chi connectivity index (χ1v) is 8.65. The van der Waals surface area contributed by atoms with Gasteiger partial charge < -0.3 is 5.32 Å². The van der Waals surface area contributed by atoms with Crippen LogP contribution in [0, 0.1) is 0 Å². The van der Waals surface area contributed by atoms with E-state index in [2.05, 4.69) is 39.8 Å². The zero-order valence-corrected chi connectivity index (χ0v) is 14.4. The molecule has 24 heavy (non-hydrogen) atoms. The van der Waals surface area contributed by atoms with Gasteiger partial charge in [-0.2, -0.15) is 10.1 Å². The molecule has 2 heterocycles. The molecule has 1 aliphatic heterocycles. The summed E-state index contributed by atoms with van der Waals surface area (Å²) in [4.78, 5) is 16.9. The summed E-state index contributed by atoms with van der Waals surface area (Å²) >= 11 is 0. The van der Waals surface area contributed by atoms with Gasteiger partial charge in [0, 0.05) is 13.0 Å². The van der Waals surface area contributed by atoms with Crippen LogP contribution < -0.4 is 10.6 Å². The SMILES string of the molecule is CCc1cccc(CC(=O)Nc2nc(C3CCNCC3)nn2C)c1. The maximum atomic E-state index is 12.3. The Bertz CT molecular complexity index is 703. The minimum absolute atomic E-state index is 0.0596. The number of carbonyl (C=O) groups excluding carboxylic acids is 1. The third-order valence-electron chi connectivity index (χ3n) is 4.50. The van der Waals surface area contributed by atoms with Gasteiger partial charge in [0.2, 0.25) is 11.9 Å². The van der Waals surface area contributed by atoms with E-state index in [1.807, 2.05) is 19.2 Å². The number of hydrogen-bond donors (Lipinski definition) is 2. The van der Waals surface area contributed by atoms with E-state index in [0.29, 0.717) is 18.3 Å². The van der Waals surface area contributed by atoms with Crippen molar-refractivity contribution < 1.29 is 4.79 Å². The number of nitrogens with zero attached hydrogens (tertiary/aromatic N) is 3. The molecule has 0 bridgehead atoms. The van der Waals surface area contributed by atoms with Crippen LogP contribution in [0.15, 0.2) is 24.3 Å². The van der Waals surface area contributed by atoms with Gasteiger partial charge in [0.25, 0.3) is 0 Å². The van der Waals surface area contributed by atoms with Crippen molar-refractivity contribution >= 4 is 11.9 Å². The Hall–Kier alpha value is -2.21. The Morgan fingerprint density at radius 3 is 2.83 bits per heavy atom. The van der Waals surface area contributed by atoms with E-state index in [0.717, 1.165) is 43.7 Å². The standard InChI is InChI=1S/C18H25N5O/c1-3-13-5-4-6-14(11-13)12-16(24)20-18-21-17(22-23(18)2)15-7-9-19-10-8-15/h4-6,11,15,19H,3,7-10,12H2,1-2H3,(H,20,21,22,24). The third kappa shape index (κ3) is 4.00. The Labute approximate surface area is 142 Å². The Morgan fingerprint density at radius 2 is 2.08 bits per heavy atom. The van der Waals surface area contributed by atoms with Crippen LogP contribution in [0.1, 0.15) is 42.6 Å². The van der Waals surface area contributed by atoms with Crippen LogP contribution in [-0.2, 0) is 24.7 Å². The van der Waals surface area contributed by atoms with Gasteiger partial charge in [-0.1, -0.05) is 31.2 Å². The average Bonchev–Trinajstić information content (AvgIpc) is 2.96. The molecule has 128 valence electrons. The van der Waals surface area contributed by atoms with Crippen LogP contribution in [0.3, 0.4) is 0 Å². The van der Waals surface area contributed by atoms with Crippen LogP contribution in [0.5, 0.6) is 0 Å². The highest BCUT2D eigenvalue weighted by atomic mass is 16.1. The quantitative estimate of drug-likeness (QED) is 0.881. The molecule has 1 aromatic heterocycles. The van der Waals surface area contributed by atoms with Gasteiger partial charge in [-0.25, -0.2) is 4.68 Å². The average molecular weight is 327 g/mol. The molecule has 0 spiro atoms. The molecule has 0 radical (unpaired) electrons. The minimum Gasteiger partial charge on any atom is -0.317 e. The maximum absolute atomic E-state index is 12.3. The Balaban J connectivity index is 1.64. The van der Waals surface area contributed by atoms with E-state index in [1.54, 1.807) is 4.68 Å². The molecular formula is C18H25N5O. The van der Waals surface area contributed by atoms with Crippen molar-refractivity contribution in [2.45, 2.75) is 38.5 Å². The largest absolute Gasteiger partial charge is 0.317 e. The molecule has 1 fully saturated rings. The number of benzene rings is 1. The van der Waals surface area contributed by atoms with E-state index >= 15 is 0 Å². The summed E-state index contributed by atoms with van der Waals surface area (Å²) < 4.78 is 1.66. The first kappa shape index (κ1) is 16.6. The van der Waals surface area contributed by atoms with E-state index in [4.69, 9.17) is 0 Å². The summed E-state index contributed by atoms with van der Waals surface area (Å²) in [7, 11) is 1.82. The van der Waals surface area contributed by atoms with Gasteiger partial charge >= 0.3 is 0 Å². The molecule has 3 rings (SSSR count). The second-order valence-electron chi connectivity index (χ2n) is 6.34. The molecule has 6 nitrogen and oxygen atoms in total. The summed E-state index contributed by atoms with van der Waals surface area (Å²) in [5, 5.41) is 10.7. The molecule has 0 unspecified atom stereocenters. The van der Waals surface area contributed by atoms with Crippen molar-refractivity contribution in [1.82, 2.24) is 20.1 Å². The van der Waals surface area contributed by atoms with Crippen molar-refractivity contribution in [3.05, 3.63) is 41.2 Å². The number of anilines is 1. The van der Waals surface area contributed by atoms with Crippen LogP contribution >= 0.6 is 0 Å². The summed E-state index contributed by atoms with van der Waals surface area (Å²) in [6.07, 6.45) is 3.41. The van der Waals surface area contributed by atoms with Gasteiger partial charge in [0.1, 0.15) is 0 Å². The fraction of sp³-hybridized carbons (Fsp3) is 0.500. The van der Waals surface area contributed by atoms with Gasteiger partial charge in [0.05, 0.1) is 6.42 Å². The fourth-order valence-electron chi connectivity index (χ4n) is 3.08. The lowest BCUT2D eigenvalue weighted by Gasteiger charge is -2.19. The Morgan fingerprint density at radius 1 is 1.33 bits per heavy atom. The molecule has 6 heteroatoms. The van der Waals surface area contributed by atoms with Crippen LogP contribution in [0.25, 0.3) is 0 Å². The fourth-order valence-corrected chi connectivity index (χ4v) is 3.08. The molecule has 1 aliphatic rings. The molecule has 1 amide bonds. The van der Waals surface area contributed by atoms with Crippen molar-refractivity contribution in [3.63, 3.8) is 0 Å². The van der Waals surface area contributed by atoms with Gasteiger partial charge in [-0.15, -0.1) is 0 Å². The number of aromatic nitrogens is 3. The number of piperidine rings is 1. The van der Waals surface area contributed by atoms with Crippen molar-refractivity contribution in [3.8, 4) is 0 Å². The van der Waals surface area contributed by atoms with Gasteiger partial charge in [-0.3, -0.25) is 10.1 Å². The van der Waals surface area contributed by atoms with Crippen molar-refractivity contribution in [1.29, 1.82) is 0 Å². The lowest BCUT2D eigenvalue weighted by Crippen LogP contribution is -2.27. The molecule has 2 N–H and O–H groups in total. The minimum atomic E-state index is -0.0596. The van der Waals surface area contributed by atoms with E-state index in [9.17, 15) is 4.79 Å². The van der Waals surface area contributed by atoms with Crippen LogP contribution in [-0.4, -0.2) is 33.8 Å². The monoisotopic (exact) mass is 327 g/mol. The summed E-state index contributed by atoms with van der Waals surface area (Å²) in [5.41, 5.74) is 2.26. The van der Waals surface area contributed by atoms with Gasteiger partial charge in [-0.05, 0) is 43.5 Å². The first-order chi connectivity index (χ1) is 11.7. The predicted octanol–water partition coefficient (Wildman–Crippen LogP) is 2.03. The highest BCUT2D eigenvalue weighted by Gasteiger charge is 2.21. The second-order valence-corrected chi connectivity index (χ2v) is 6.34. The summed E-state index contributed by atoms with van der Waals surface area (Å²) in [6.45, 7) is 4.11. The summed E-state index contributed by atoms with van der Waals surface area (Å²) in [6, 6.07) is 8.14. The lowest BCUT2D eigenvalue weighted by molar-refractivity contribution is -0.115. The van der Waals surface area contributed by atoms with Gasteiger partial charge in [0.15, 0.2) is 5.82 Å². The van der Waals surface area contributed by atoms with E-state index in [1.165, 1.54) is 5.56 Å².